The van der Waals surface area contributed by atoms with Gasteiger partial charge < -0.3 is 4.98 Å². The molecule has 1 nitrogen and oxygen atoms in total. The molecule has 1 aromatic heterocycles. The number of aromatic amines is 1. The second kappa shape index (κ2) is 2.52. The Kier molecular flexibility index (Phi) is 1.51. The minimum absolute atomic E-state index is 1.08. The van der Waals surface area contributed by atoms with E-state index in [1.54, 1.807) is 0 Å². The van der Waals surface area contributed by atoms with E-state index < -0.39 is 0 Å². The summed E-state index contributed by atoms with van der Waals surface area (Å²) in [6.07, 6.45) is 1.83. The smallest absolute Gasteiger partial charge is 0.0461 e. The molecule has 0 unspecified atom stereocenters. The Bertz CT molecular complexity index is 423. The molecule has 0 amide bonds. The van der Waals surface area contributed by atoms with Crippen LogP contribution in [0.25, 0.3) is 17.0 Å². The van der Waals surface area contributed by atoms with Gasteiger partial charge in [-0.15, -0.1) is 0 Å². The molecule has 2 aromatic rings. The predicted molar refractivity (Wildman–Crippen MR) is 53.1 cm³/mol. The van der Waals surface area contributed by atoms with Gasteiger partial charge in [-0.2, -0.15) is 0 Å². The van der Waals surface area contributed by atoms with Crippen molar-refractivity contribution in [2.75, 3.05) is 0 Å². The summed E-state index contributed by atoms with van der Waals surface area (Å²) in [4.78, 5) is 3.27. The summed E-state index contributed by atoms with van der Waals surface area (Å²) in [6.45, 7) is 5.81. The summed E-state index contributed by atoms with van der Waals surface area (Å²) in [5, 5.41) is 1.25. The Morgan fingerprint density at radius 1 is 1.33 bits per heavy atom. The third-order valence-electron chi connectivity index (χ3n) is 2.02. The maximum absolute atomic E-state index is 3.72. The molecule has 1 aromatic carbocycles. The topological polar surface area (TPSA) is 15.8 Å². The van der Waals surface area contributed by atoms with E-state index in [1.165, 1.54) is 16.5 Å². The third kappa shape index (κ3) is 1.03. The number of aryl methyl sites for hydroxylation is 1. The molecule has 0 bridgehead atoms. The zero-order valence-corrected chi connectivity index (χ0v) is 7.09. The molecule has 0 aliphatic heterocycles. The zero-order chi connectivity index (χ0) is 8.55. The first kappa shape index (κ1) is 7.17. The average Bonchev–Trinajstić information content (AvgIpc) is 2.46. The molecule has 1 N–H and O–H groups in total. The molecule has 0 fully saturated rings. The fourth-order valence-electron chi connectivity index (χ4n) is 1.37. The van der Waals surface area contributed by atoms with Crippen LogP contribution in [0.4, 0.5) is 0 Å². The number of rotatable bonds is 1. The van der Waals surface area contributed by atoms with Crippen LogP contribution in [0, 0.1) is 6.92 Å². The van der Waals surface area contributed by atoms with Crippen molar-refractivity contribution in [3.05, 3.63) is 42.1 Å². The maximum Gasteiger partial charge on any atom is 0.0461 e. The molecule has 0 atom stereocenters. The second-order valence-electron chi connectivity index (χ2n) is 3.02. The van der Waals surface area contributed by atoms with Crippen LogP contribution in [0.3, 0.4) is 0 Å². The van der Waals surface area contributed by atoms with Crippen LogP contribution in [0.5, 0.6) is 0 Å². The van der Waals surface area contributed by atoms with Crippen molar-refractivity contribution in [1.82, 2.24) is 4.98 Å². The lowest BCUT2D eigenvalue weighted by Crippen LogP contribution is -1.71. The Morgan fingerprint density at radius 3 is 2.92 bits per heavy atom. The number of H-pyrrole nitrogens is 1. The lowest BCUT2D eigenvalue weighted by molar-refractivity contribution is 1.41. The van der Waals surface area contributed by atoms with Gasteiger partial charge in [0.25, 0.3) is 0 Å². The minimum atomic E-state index is 1.08. The number of aromatic nitrogens is 1. The van der Waals surface area contributed by atoms with E-state index in [0.717, 1.165) is 5.69 Å². The molecular weight excluding hydrogens is 146 g/mol. The first-order valence-electron chi connectivity index (χ1n) is 4.01. The number of fused-ring (bicyclic) bond motifs is 1. The van der Waals surface area contributed by atoms with Gasteiger partial charge in [0.2, 0.25) is 0 Å². The highest BCUT2D eigenvalue weighted by molar-refractivity contribution is 5.83. The van der Waals surface area contributed by atoms with E-state index in [1.807, 2.05) is 6.08 Å². The van der Waals surface area contributed by atoms with Crippen molar-refractivity contribution < 1.29 is 0 Å². The lowest BCUT2D eigenvalue weighted by atomic mass is 10.2. The summed E-state index contributed by atoms with van der Waals surface area (Å²) in [5.74, 6) is 0. The number of hydrogen-bond donors (Lipinski definition) is 1. The van der Waals surface area contributed by atoms with Gasteiger partial charge in [-0.1, -0.05) is 18.7 Å². The van der Waals surface area contributed by atoms with Gasteiger partial charge in [-0.05, 0) is 36.1 Å². The highest BCUT2D eigenvalue weighted by Crippen LogP contribution is 2.16. The fourth-order valence-corrected chi connectivity index (χ4v) is 1.37. The highest BCUT2D eigenvalue weighted by atomic mass is 14.7. The number of hydrogen-bond acceptors (Lipinski definition) is 0. The van der Waals surface area contributed by atoms with Gasteiger partial charge in [-0.25, -0.2) is 0 Å². The van der Waals surface area contributed by atoms with E-state index >= 15 is 0 Å². The van der Waals surface area contributed by atoms with Crippen LogP contribution in [-0.2, 0) is 0 Å². The van der Waals surface area contributed by atoms with Crippen LogP contribution in [-0.4, -0.2) is 4.98 Å². The zero-order valence-electron chi connectivity index (χ0n) is 7.09. The Morgan fingerprint density at radius 2 is 2.17 bits per heavy atom. The third-order valence-corrected chi connectivity index (χ3v) is 2.02. The van der Waals surface area contributed by atoms with Gasteiger partial charge in [0.1, 0.15) is 0 Å². The number of benzene rings is 1. The van der Waals surface area contributed by atoms with Gasteiger partial charge in [-0.3, -0.25) is 0 Å². The molecule has 12 heavy (non-hydrogen) atoms. The van der Waals surface area contributed by atoms with Crippen LogP contribution >= 0.6 is 0 Å². The molecule has 0 spiro atoms. The summed E-state index contributed by atoms with van der Waals surface area (Å²) in [6, 6.07) is 8.47. The van der Waals surface area contributed by atoms with Gasteiger partial charge in [0, 0.05) is 11.2 Å². The first-order valence-corrected chi connectivity index (χ1v) is 4.01. The Labute approximate surface area is 71.7 Å². The van der Waals surface area contributed by atoms with Crippen molar-refractivity contribution in [2.24, 2.45) is 0 Å². The van der Waals surface area contributed by atoms with E-state index in [4.69, 9.17) is 0 Å². The van der Waals surface area contributed by atoms with Crippen molar-refractivity contribution in [2.45, 2.75) is 6.92 Å². The normalized spacial score (nSPS) is 10.4. The molecular formula is C11H11N. The molecule has 60 valence electrons. The molecule has 2 rings (SSSR count). The van der Waals surface area contributed by atoms with Crippen LogP contribution in [0.15, 0.2) is 30.8 Å². The molecule has 1 heteroatoms. The molecule has 0 aliphatic rings. The summed E-state index contributed by atoms with van der Waals surface area (Å²) in [5.41, 5.74) is 3.54. The van der Waals surface area contributed by atoms with E-state index in [-0.39, 0.29) is 0 Å². The van der Waals surface area contributed by atoms with Crippen molar-refractivity contribution in [1.29, 1.82) is 0 Å². The molecule has 0 saturated heterocycles. The quantitative estimate of drug-likeness (QED) is 0.654. The largest absolute Gasteiger partial charge is 0.355 e. The molecule has 0 radical (unpaired) electrons. The SMILES string of the molecule is C=Cc1cc2ccc(C)cc2[nH]1. The predicted octanol–water partition coefficient (Wildman–Crippen LogP) is 3.12. The number of nitrogens with one attached hydrogen (secondary N) is 1. The van der Waals surface area contributed by atoms with E-state index in [0.29, 0.717) is 0 Å². The molecule has 0 saturated carbocycles. The second-order valence-corrected chi connectivity index (χ2v) is 3.02. The summed E-state index contributed by atoms with van der Waals surface area (Å²) < 4.78 is 0. The highest BCUT2D eigenvalue weighted by Gasteiger charge is 1.96. The van der Waals surface area contributed by atoms with E-state index in [9.17, 15) is 0 Å². The van der Waals surface area contributed by atoms with Gasteiger partial charge in [0.05, 0.1) is 0 Å². The standard InChI is InChI=1S/C11H11N/c1-3-10-7-9-5-4-8(2)6-11(9)12-10/h3-7,12H,1H2,2H3. The van der Waals surface area contributed by atoms with Crippen molar-refractivity contribution in [3.8, 4) is 0 Å². The summed E-state index contributed by atoms with van der Waals surface area (Å²) in [7, 11) is 0. The maximum atomic E-state index is 3.72. The lowest BCUT2D eigenvalue weighted by Gasteiger charge is -1.90. The average molecular weight is 157 g/mol. The summed E-state index contributed by atoms with van der Waals surface area (Å²) >= 11 is 0. The monoisotopic (exact) mass is 157 g/mol. The van der Waals surface area contributed by atoms with E-state index in [2.05, 4.69) is 42.8 Å². The molecule has 0 aliphatic carbocycles. The van der Waals surface area contributed by atoms with Crippen LogP contribution in [0.1, 0.15) is 11.3 Å². The fraction of sp³-hybridized carbons (Fsp3) is 0.0909. The Balaban J connectivity index is 2.75. The van der Waals surface area contributed by atoms with Crippen LogP contribution in [0.2, 0.25) is 0 Å². The van der Waals surface area contributed by atoms with Crippen molar-refractivity contribution in [3.63, 3.8) is 0 Å². The Hall–Kier alpha value is -1.50. The first-order chi connectivity index (χ1) is 5.79. The van der Waals surface area contributed by atoms with Gasteiger partial charge >= 0.3 is 0 Å². The van der Waals surface area contributed by atoms with Crippen LogP contribution < -0.4 is 0 Å². The molecule has 1 heterocycles. The van der Waals surface area contributed by atoms with Gasteiger partial charge in [0.15, 0.2) is 0 Å². The van der Waals surface area contributed by atoms with Crippen molar-refractivity contribution >= 4 is 17.0 Å². The minimum Gasteiger partial charge on any atom is -0.355 e.